The maximum Gasteiger partial charge on any atom is 0.269 e. The number of hydrogen-bond acceptors (Lipinski definition) is 2. The molecule has 4 heteroatoms. The normalized spacial score (nSPS) is 9.42. The summed E-state index contributed by atoms with van der Waals surface area (Å²) in [4.78, 5) is 15.1. The van der Waals surface area contributed by atoms with Gasteiger partial charge in [-0.25, -0.2) is 4.98 Å². The van der Waals surface area contributed by atoms with E-state index in [0.29, 0.717) is 12.2 Å². The van der Waals surface area contributed by atoms with Gasteiger partial charge in [0.1, 0.15) is 5.69 Å². The monoisotopic (exact) mass is 165 g/mol. The molecular formula is C8H11N3O. The first kappa shape index (κ1) is 8.52. The molecule has 0 unspecified atom stereocenters. The number of amides is 1. The van der Waals surface area contributed by atoms with Crippen LogP contribution in [0, 0.1) is 0 Å². The molecule has 4 nitrogen and oxygen atoms in total. The molecule has 12 heavy (non-hydrogen) atoms. The summed E-state index contributed by atoms with van der Waals surface area (Å²) in [6.07, 6.45) is 4.75. The summed E-state index contributed by atoms with van der Waals surface area (Å²) < 4.78 is 1.67. The lowest BCUT2D eigenvalue weighted by molar-refractivity contribution is 0.0950. The van der Waals surface area contributed by atoms with Crippen LogP contribution in [0.15, 0.2) is 25.2 Å². The molecule has 0 saturated heterocycles. The molecule has 0 fully saturated rings. The van der Waals surface area contributed by atoms with E-state index < -0.39 is 0 Å². The molecule has 1 heterocycles. The van der Waals surface area contributed by atoms with Crippen molar-refractivity contribution in [2.24, 2.45) is 7.05 Å². The Morgan fingerprint density at radius 1 is 1.92 bits per heavy atom. The van der Waals surface area contributed by atoms with Gasteiger partial charge in [0.05, 0.1) is 12.5 Å². The topological polar surface area (TPSA) is 46.9 Å². The summed E-state index contributed by atoms with van der Waals surface area (Å²) in [5.41, 5.74) is 0.553. The molecular weight excluding hydrogens is 154 g/mol. The highest BCUT2D eigenvalue weighted by atomic mass is 16.1. The molecule has 0 bridgehead atoms. The first-order chi connectivity index (χ1) is 5.75. The minimum absolute atomic E-state index is 0.130. The summed E-state index contributed by atoms with van der Waals surface area (Å²) in [7, 11) is 1.77. The Labute approximate surface area is 70.9 Å². The lowest BCUT2D eigenvalue weighted by atomic mass is 10.4. The van der Waals surface area contributed by atoms with Crippen LogP contribution in [0.3, 0.4) is 0 Å². The van der Waals surface area contributed by atoms with Gasteiger partial charge < -0.3 is 9.88 Å². The number of rotatable bonds is 3. The van der Waals surface area contributed by atoms with Crippen LogP contribution in [0.1, 0.15) is 10.5 Å². The highest BCUT2D eigenvalue weighted by Crippen LogP contribution is 1.94. The van der Waals surface area contributed by atoms with Crippen molar-refractivity contribution in [3.63, 3.8) is 0 Å². The third-order valence-corrected chi connectivity index (χ3v) is 1.46. The summed E-state index contributed by atoms with van der Waals surface area (Å²) in [6.45, 7) is 3.98. The van der Waals surface area contributed by atoms with E-state index in [4.69, 9.17) is 0 Å². The second kappa shape index (κ2) is 3.71. The summed E-state index contributed by atoms with van der Waals surface area (Å²) in [5.74, 6) is -0.130. The smallest absolute Gasteiger partial charge is 0.269 e. The van der Waals surface area contributed by atoms with Gasteiger partial charge in [-0.05, 0) is 0 Å². The van der Waals surface area contributed by atoms with E-state index in [1.165, 1.54) is 6.20 Å². The number of carbonyl (C=O) groups excluding carboxylic acids is 1. The van der Waals surface area contributed by atoms with E-state index in [2.05, 4.69) is 16.9 Å². The third-order valence-electron chi connectivity index (χ3n) is 1.46. The van der Waals surface area contributed by atoms with Crippen molar-refractivity contribution >= 4 is 5.91 Å². The predicted molar refractivity (Wildman–Crippen MR) is 45.7 cm³/mol. The van der Waals surface area contributed by atoms with Crippen molar-refractivity contribution in [3.05, 3.63) is 30.9 Å². The molecule has 0 saturated carbocycles. The van der Waals surface area contributed by atoms with Crippen LogP contribution in [-0.4, -0.2) is 22.0 Å². The van der Waals surface area contributed by atoms with E-state index in [1.807, 2.05) is 0 Å². The van der Waals surface area contributed by atoms with Crippen LogP contribution in [0.4, 0.5) is 0 Å². The first-order valence-corrected chi connectivity index (χ1v) is 3.61. The van der Waals surface area contributed by atoms with E-state index in [0.717, 1.165) is 0 Å². The molecule has 0 spiro atoms. The van der Waals surface area contributed by atoms with Gasteiger partial charge in [0.25, 0.3) is 5.91 Å². The van der Waals surface area contributed by atoms with Gasteiger partial charge in [-0.1, -0.05) is 6.08 Å². The first-order valence-electron chi connectivity index (χ1n) is 3.61. The number of carbonyl (C=O) groups is 1. The van der Waals surface area contributed by atoms with Crippen molar-refractivity contribution in [3.8, 4) is 0 Å². The standard InChI is InChI=1S/C8H11N3O/c1-3-4-10-8(12)7-5-9-6-11(7)2/h3,5-6H,1,4H2,2H3,(H,10,12). The average molecular weight is 165 g/mol. The Morgan fingerprint density at radius 2 is 2.67 bits per heavy atom. The molecule has 0 aromatic carbocycles. The largest absolute Gasteiger partial charge is 0.347 e. The molecule has 1 rings (SSSR count). The second-order valence-electron chi connectivity index (χ2n) is 2.39. The Kier molecular flexibility index (Phi) is 2.63. The van der Waals surface area contributed by atoms with Crippen molar-refractivity contribution in [1.29, 1.82) is 0 Å². The van der Waals surface area contributed by atoms with Gasteiger partial charge in [-0.2, -0.15) is 0 Å². The Balaban J connectivity index is 2.65. The SMILES string of the molecule is C=CCNC(=O)c1cncn1C. The fourth-order valence-corrected chi connectivity index (χ4v) is 0.831. The molecule has 1 aromatic heterocycles. The lowest BCUT2D eigenvalue weighted by Gasteiger charge is -2.01. The zero-order valence-electron chi connectivity index (χ0n) is 6.95. The molecule has 0 atom stereocenters. The highest BCUT2D eigenvalue weighted by Gasteiger charge is 2.06. The van der Waals surface area contributed by atoms with Crippen LogP contribution in [0.5, 0.6) is 0 Å². The summed E-state index contributed by atoms with van der Waals surface area (Å²) >= 11 is 0. The van der Waals surface area contributed by atoms with Crippen molar-refractivity contribution in [2.75, 3.05) is 6.54 Å². The van der Waals surface area contributed by atoms with Gasteiger partial charge in [0, 0.05) is 13.6 Å². The van der Waals surface area contributed by atoms with Crippen LogP contribution in [0.25, 0.3) is 0 Å². The quantitative estimate of drug-likeness (QED) is 0.656. The van der Waals surface area contributed by atoms with Crippen molar-refractivity contribution < 1.29 is 4.79 Å². The fourth-order valence-electron chi connectivity index (χ4n) is 0.831. The molecule has 0 radical (unpaired) electrons. The minimum Gasteiger partial charge on any atom is -0.347 e. The van der Waals surface area contributed by atoms with Gasteiger partial charge in [0.2, 0.25) is 0 Å². The number of nitrogens with one attached hydrogen (secondary N) is 1. The van der Waals surface area contributed by atoms with Gasteiger partial charge in [-0.15, -0.1) is 6.58 Å². The molecule has 1 N–H and O–H groups in total. The zero-order valence-corrected chi connectivity index (χ0v) is 6.95. The van der Waals surface area contributed by atoms with E-state index in [1.54, 1.807) is 24.0 Å². The average Bonchev–Trinajstić information content (AvgIpc) is 2.47. The Morgan fingerprint density at radius 3 is 3.17 bits per heavy atom. The molecule has 1 amide bonds. The van der Waals surface area contributed by atoms with Gasteiger partial charge in [0.15, 0.2) is 0 Å². The lowest BCUT2D eigenvalue weighted by Crippen LogP contribution is -2.25. The Bertz CT molecular complexity index is 290. The number of hydrogen-bond donors (Lipinski definition) is 1. The molecule has 0 aliphatic heterocycles. The zero-order chi connectivity index (χ0) is 8.97. The number of aromatic nitrogens is 2. The highest BCUT2D eigenvalue weighted by molar-refractivity contribution is 5.92. The summed E-state index contributed by atoms with van der Waals surface area (Å²) in [5, 5.41) is 2.66. The van der Waals surface area contributed by atoms with E-state index in [-0.39, 0.29) is 5.91 Å². The third kappa shape index (κ3) is 1.72. The fraction of sp³-hybridized carbons (Fsp3) is 0.250. The van der Waals surface area contributed by atoms with Crippen molar-refractivity contribution in [1.82, 2.24) is 14.9 Å². The molecule has 64 valence electrons. The Hall–Kier alpha value is -1.58. The predicted octanol–water partition coefficient (Wildman–Crippen LogP) is 0.336. The summed E-state index contributed by atoms with van der Waals surface area (Å²) in [6, 6.07) is 0. The van der Waals surface area contributed by atoms with E-state index in [9.17, 15) is 4.79 Å². The number of imidazole rings is 1. The second-order valence-corrected chi connectivity index (χ2v) is 2.39. The molecule has 1 aromatic rings. The van der Waals surface area contributed by atoms with E-state index >= 15 is 0 Å². The minimum atomic E-state index is -0.130. The van der Waals surface area contributed by atoms with Crippen LogP contribution in [-0.2, 0) is 7.05 Å². The van der Waals surface area contributed by atoms with Gasteiger partial charge in [-0.3, -0.25) is 4.79 Å². The van der Waals surface area contributed by atoms with Crippen LogP contribution >= 0.6 is 0 Å². The van der Waals surface area contributed by atoms with Crippen LogP contribution < -0.4 is 5.32 Å². The maximum absolute atomic E-state index is 11.3. The van der Waals surface area contributed by atoms with Gasteiger partial charge >= 0.3 is 0 Å². The number of nitrogens with zero attached hydrogens (tertiary/aromatic N) is 2. The molecule has 0 aliphatic carbocycles. The van der Waals surface area contributed by atoms with Crippen molar-refractivity contribution in [2.45, 2.75) is 0 Å². The molecule has 0 aliphatic rings. The number of aryl methyl sites for hydroxylation is 1. The van der Waals surface area contributed by atoms with Crippen LogP contribution in [0.2, 0.25) is 0 Å². The maximum atomic E-state index is 11.3.